The third-order valence-electron chi connectivity index (χ3n) is 4.56. The van der Waals surface area contributed by atoms with Gasteiger partial charge < -0.3 is 10.6 Å². The van der Waals surface area contributed by atoms with Gasteiger partial charge in [0.1, 0.15) is 5.75 Å². The van der Waals surface area contributed by atoms with E-state index in [9.17, 15) is 0 Å². The molecule has 5 heteroatoms. The summed E-state index contributed by atoms with van der Waals surface area (Å²) >= 11 is 1.52. The number of aryl methyl sites for hydroxylation is 2. The Balaban J connectivity index is 2.09. The summed E-state index contributed by atoms with van der Waals surface area (Å²) < 4.78 is 11.6. The van der Waals surface area contributed by atoms with Crippen molar-refractivity contribution in [2.24, 2.45) is 0 Å². The van der Waals surface area contributed by atoms with E-state index in [-0.39, 0.29) is 0 Å². The lowest BCUT2D eigenvalue weighted by molar-refractivity contribution is 0.415. The molecule has 2 aromatic heterocycles. The maximum Gasteiger partial charge on any atom is 0.118 e. The van der Waals surface area contributed by atoms with Crippen LogP contribution >= 0.6 is 11.5 Å². The van der Waals surface area contributed by atoms with Gasteiger partial charge in [0.15, 0.2) is 0 Å². The largest absolute Gasteiger partial charge is 0.497 e. The standard InChI is InChI=1S/C20H19N3OS/c1-12-18(13(2)25-22-12)20-19(14-8-10-15(24-3)11-9-14)16-6-4-5-7-17(16)23(20)21/h4-11H,21H2,1-3H3. The summed E-state index contributed by atoms with van der Waals surface area (Å²) in [6.45, 7) is 4.13. The van der Waals surface area contributed by atoms with Crippen LogP contribution in [-0.2, 0) is 0 Å². The number of aromatic nitrogens is 2. The molecule has 4 rings (SSSR count). The minimum atomic E-state index is 0.839. The van der Waals surface area contributed by atoms with Gasteiger partial charge in [-0.05, 0) is 49.1 Å². The molecule has 2 aromatic carbocycles. The van der Waals surface area contributed by atoms with Crippen molar-refractivity contribution >= 4 is 22.4 Å². The predicted molar refractivity (Wildman–Crippen MR) is 105 cm³/mol. The minimum Gasteiger partial charge on any atom is -0.497 e. The SMILES string of the molecule is COc1ccc(-c2c(-c3c(C)nsc3C)n(N)c3ccccc23)cc1. The Bertz CT molecular complexity index is 1040. The van der Waals surface area contributed by atoms with Gasteiger partial charge in [-0.15, -0.1) is 0 Å². The molecule has 0 radical (unpaired) electrons. The van der Waals surface area contributed by atoms with Gasteiger partial charge in [0.2, 0.25) is 0 Å². The normalized spacial score (nSPS) is 11.2. The Morgan fingerprint density at radius 3 is 2.36 bits per heavy atom. The topological polar surface area (TPSA) is 53.1 Å². The lowest BCUT2D eigenvalue weighted by Crippen LogP contribution is -2.10. The number of fused-ring (bicyclic) bond motifs is 1. The van der Waals surface area contributed by atoms with Gasteiger partial charge in [-0.25, -0.2) is 0 Å². The molecule has 0 saturated heterocycles. The number of hydrogen-bond acceptors (Lipinski definition) is 4. The van der Waals surface area contributed by atoms with Gasteiger partial charge in [0.25, 0.3) is 0 Å². The molecule has 0 fully saturated rings. The lowest BCUT2D eigenvalue weighted by Gasteiger charge is -2.09. The average Bonchev–Trinajstić information content (AvgIpc) is 3.12. The monoisotopic (exact) mass is 349 g/mol. The number of para-hydroxylation sites is 1. The number of nitrogens with two attached hydrogens (primary N) is 1. The van der Waals surface area contributed by atoms with Crippen LogP contribution in [0.3, 0.4) is 0 Å². The Labute approximate surface area is 150 Å². The number of hydrogen-bond donors (Lipinski definition) is 1. The van der Waals surface area contributed by atoms with E-state index in [0.717, 1.165) is 44.7 Å². The van der Waals surface area contributed by atoms with Crippen LogP contribution in [0.4, 0.5) is 0 Å². The number of benzene rings is 2. The van der Waals surface area contributed by atoms with E-state index in [4.69, 9.17) is 10.6 Å². The number of ether oxygens (including phenoxy) is 1. The summed E-state index contributed by atoms with van der Waals surface area (Å²) in [4.78, 5) is 1.17. The first-order valence-electron chi connectivity index (χ1n) is 8.08. The van der Waals surface area contributed by atoms with Crippen LogP contribution in [0.25, 0.3) is 33.3 Å². The summed E-state index contributed by atoms with van der Waals surface area (Å²) in [6, 6.07) is 16.3. The average molecular weight is 349 g/mol. The zero-order valence-electron chi connectivity index (χ0n) is 14.4. The van der Waals surface area contributed by atoms with Gasteiger partial charge in [0.05, 0.1) is 24.0 Å². The molecule has 0 saturated carbocycles. The second-order valence-corrected chi connectivity index (χ2v) is 7.02. The Hall–Kier alpha value is -2.79. The van der Waals surface area contributed by atoms with Crippen molar-refractivity contribution < 1.29 is 4.74 Å². The summed E-state index contributed by atoms with van der Waals surface area (Å²) in [5, 5.41) is 1.13. The van der Waals surface area contributed by atoms with Gasteiger partial charge in [0, 0.05) is 21.4 Å². The van der Waals surface area contributed by atoms with E-state index >= 15 is 0 Å². The van der Waals surface area contributed by atoms with Crippen molar-refractivity contribution in [2.45, 2.75) is 13.8 Å². The molecule has 4 nitrogen and oxygen atoms in total. The first kappa shape index (κ1) is 15.7. The van der Waals surface area contributed by atoms with E-state index in [2.05, 4.69) is 35.6 Å². The molecule has 4 aromatic rings. The van der Waals surface area contributed by atoms with E-state index in [1.165, 1.54) is 16.4 Å². The fraction of sp³-hybridized carbons (Fsp3) is 0.150. The molecule has 0 aliphatic carbocycles. The molecule has 0 amide bonds. The molecule has 25 heavy (non-hydrogen) atoms. The van der Waals surface area contributed by atoms with Crippen molar-refractivity contribution in [3.63, 3.8) is 0 Å². The van der Waals surface area contributed by atoms with E-state index < -0.39 is 0 Å². The smallest absolute Gasteiger partial charge is 0.118 e. The van der Waals surface area contributed by atoms with Gasteiger partial charge in [-0.2, -0.15) is 4.37 Å². The Morgan fingerprint density at radius 1 is 1.00 bits per heavy atom. The fourth-order valence-corrected chi connectivity index (χ4v) is 4.08. The highest BCUT2D eigenvalue weighted by Crippen LogP contribution is 2.42. The first-order chi connectivity index (χ1) is 12.1. The molecule has 126 valence electrons. The van der Waals surface area contributed by atoms with E-state index in [0.29, 0.717) is 0 Å². The van der Waals surface area contributed by atoms with Crippen LogP contribution in [0.5, 0.6) is 5.75 Å². The summed E-state index contributed by atoms with van der Waals surface area (Å²) in [5.74, 6) is 7.37. The molecular weight excluding hydrogens is 330 g/mol. The maximum absolute atomic E-state index is 6.53. The van der Waals surface area contributed by atoms with Crippen LogP contribution in [0.2, 0.25) is 0 Å². The highest BCUT2D eigenvalue weighted by Gasteiger charge is 2.22. The van der Waals surface area contributed by atoms with Crippen molar-refractivity contribution in [2.75, 3.05) is 13.0 Å². The number of rotatable bonds is 3. The Morgan fingerprint density at radius 2 is 1.72 bits per heavy atom. The predicted octanol–water partition coefficient (Wildman–Crippen LogP) is 4.77. The Kier molecular flexibility index (Phi) is 3.73. The van der Waals surface area contributed by atoms with Crippen molar-refractivity contribution in [1.29, 1.82) is 0 Å². The first-order valence-corrected chi connectivity index (χ1v) is 8.85. The zero-order valence-corrected chi connectivity index (χ0v) is 15.2. The molecule has 0 atom stereocenters. The van der Waals surface area contributed by atoms with Crippen LogP contribution < -0.4 is 10.6 Å². The molecule has 0 spiro atoms. The third kappa shape index (κ3) is 2.39. The van der Waals surface area contributed by atoms with Crippen LogP contribution in [-0.4, -0.2) is 16.2 Å². The van der Waals surface area contributed by atoms with E-state index in [1.807, 2.05) is 31.2 Å². The van der Waals surface area contributed by atoms with E-state index in [1.54, 1.807) is 11.8 Å². The number of methoxy groups -OCH3 is 1. The van der Waals surface area contributed by atoms with Gasteiger partial charge in [-0.1, -0.05) is 30.3 Å². The zero-order chi connectivity index (χ0) is 17.6. The minimum absolute atomic E-state index is 0.839. The van der Waals surface area contributed by atoms with Crippen molar-refractivity contribution in [3.8, 4) is 28.1 Å². The van der Waals surface area contributed by atoms with Gasteiger partial charge in [-0.3, -0.25) is 4.68 Å². The highest BCUT2D eigenvalue weighted by molar-refractivity contribution is 7.06. The van der Waals surface area contributed by atoms with Crippen molar-refractivity contribution in [1.82, 2.24) is 9.05 Å². The summed E-state index contributed by atoms with van der Waals surface area (Å²) in [5.41, 5.74) is 6.39. The third-order valence-corrected chi connectivity index (χ3v) is 5.40. The number of nitrogen functional groups attached to an aromatic ring is 1. The fourth-order valence-electron chi connectivity index (χ4n) is 3.38. The molecule has 0 aliphatic heterocycles. The summed E-state index contributed by atoms with van der Waals surface area (Å²) in [7, 11) is 1.68. The number of nitrogens with zero attached hydrogens (tertiary/aromatic N) is 2. The van der Waals surface area contributed by atoms with Crippen LogP contribution in [0.15, 0.2) is 48.5 Å². The molecule has 2 N–H and O–H groups in total. The van der Waals surface area contributed by atoms with Crippen LogP contribution in [0, 0.1) is 13.8 Å². The lowest BCUT2D eigenvalue weighted by atomic mass is 9.98. The van der Waals surface area contributed by atoms with Crippen LogP contribution in [0.1, 0.15) is 10.6 Å². The molecule has 2 heterocycles. The second kappa shape index (κ2) is 5.93. The molecule has 0 unspecified atom stereocenters. The molecular formula is C20H19N3OS. The molecule has 0 aliphatic rings. The second-order valence-electron chi connectivity index (χ2n) is 6.04. The maximum atomic E-state index is 6.53. The highest BCUT2D eigenvalue weighted by atomic mass is 32.1. The summed E-state index contributed by atoms with van der Waals surface area (Å²) in [6.07, 6.45) is 0. The van der Waals surface area contributed by atoms with Crippen molar-refractivity contribution in [3.05, 3.63) is 59.1 Å². The molecule has 0 bridgehead atoms. The van der Waals surface area contributed by atoms with Gasteiger partial charge >= 0.3 is 0 Å². The quantitative estimate of drug-likeness (QED) is 0.542.